The van der Waals surface area contributed by atoms with Crippen molar-refractivity contribution < 1.29 is 14.3 Å². The van der Waals surface area contributed by atoms with E-state index in [0.717, 1.165) is 11.1 Å². The van der Waals surface area contributed by atoms with Crippen LogP contribution in [0.1, 0.15) is 38.8 Å². The van der Waals surface area contributed by atoms with Gasteiger partial charge in [-0.3, -0.25) is 4.79 Å². The molecule has 0 heterocycles. The third kappa shape index (κ3) is 2.43. The Bertz CT molecular complexity index is 394. The molecule has 0 amide bonds. The molecular weight excluding hydrogens is 192 g/mol. The number of benzene rings is 1. The summed E-state index contributed by atoms with van der Waals surface area (Å²) in [6.45, 7) is 5.73. The molecule has 0 aliphatic rings. The first-order chi connectivity index (χ1) is 7.10. The minimum atomic E-state index is -0.433. The van der Waals surface area contributed by atoms with Gasteiger partial charge in [-0.15, -0.1) is 0 Å². The van der Waals surface area contributed by atoms with Crippen molar-refractivity contribution in [2.24, 2.45) is 0 Å². The summed E-state index contributed by atoms with van der Waals surface area (Å²) in [6, 6.07) is 3.55. The van der Waals surface area contributed by atoms with E-state index in [1.165, 1.54) is 0 Å². The summed E-state index contributed by atoms with van der Waals surface area (Å²) in [5.41, 5.74) is 2.50. The molecule has 0 atom stereocenters. The largest absolute Gasteiger partial charge is 0.462 e. The number of aldehydes is 1. The topological polar surface area (TPSA) is 43.4 Å². The van der Waals surface area contributed by atoms with Gasteiger partial charge in [-0.1, -0.05) is 11.6 Å². The van der Waals surface area contributed by atoms with Gasteiger partial charge in [-0.2, -0.15) is 0 Å². The molecule has 0 aromatic heterocycles. The molecule has 0 bridgehead atoms. The average Bonchev–Trinajstić information content (AvgIpc) is 2.16. The summed E-state index contributed by atoms with van der Waals surface area (Å²) >= 11 is 0. The van der Waals surface area contributed by atoms with Crippen LogP contribution in [-0.2, 0) is 4.74 Å². The van der Waals surface area contributed by atoms with Crippen LogP contribution >= 0.6 is 0 Å². The molecule has 80 valence electrons. The van der Waals surface area contributed by atoms with Gasteiger partial charge in [0, 0.05) is 5.56 Å². The number of aryl methyl sites for hydroxylation is 2. The predicted octanol–water partition coefficient (Wildman–Crippen LogP) is 2.29. The van der Waals surface area contributed by atoms with Crippen LogP contribution in [0.3, 0.4) is 0 Å². The molecule has 0 aliphatic heterocycles. The second-order valence-electron chi connectivity index (χ2n) is 3.38. The first kappa shape index (κ1) is 11.4. The molecule has 0 unspecified atom stereocenters. The molecule has 0 spiro atoms. The van der Waals surface area contributed by atoms with Gasteiger partial charge >= 0.3 is 5.97 Å². The monoisotopic (exact) mass is 206 g/mol. The Balaban J connectivity index is 3.26. The highest BCUT2D eigenvalue weighted by Crippen LogP contribution is 2.16. The number of carbonyl (C=O) groups excluding carboxylic acids is 2. The van der Waals surface area contributed by atoms with Crippen molar-refractivity contribution in [3.05, 3.63) is 34.4 Å². The zero-order chi connectivity index (χ0) is 11.4. The van der Waals surface area contributed by atoms with Gasteiger partial charge in [-0.05, 0) is 32.4 Å². The molecule has 1 aromatic carbocycles. The number of hydrogen-bond acceptors (Lipinski definition) is 3. The molecule has 3 heteroatoms. The quantitative estimate of drug-likeness (QED) is 0.563. The number of carbonyl (C=O) groups is 2. The standard InChI is InChI=1S/C12H14O3/c1-4-15-12(14)11-9(3)5-8(2)6-10(11)7-13/h5-7H,4H2,1-3H3. The molecule has 15 heavy (non-hydrogen) atoms. The number of ether oxygens (including phenoxy) is 1. The van der Waals surface area contributed by atoms with Crippen molar-refractivity contribution in [2.45, 2.75) is 20.8 Å². The molecular formula is C12H14O3. The van der Waals surface area contributed by atoms with E-state index in [1.54, 1.807) is 19.9 Å². The first-order valence-corrected chi connectivity index (χ1v) is 4.83. The summed E-state index contributed by atoms with van der Waals surface area (Å²) in [6.07, 6.45) is 0.687. The SMILES string of the molecule is CCOC(=O)c1c(C)cc(C)cc1C=O. The second kappa shape index (κ2) is 4.73. The maximum Gasteiger partial charge on any atom is 0.339 e. The average molecular weight is 206 g/mol. The molecule has 0 saturated carbocycles. The van der Waals surface area contributed by atoms with E-state index in [-0.39, 0.29) is 0 Å². The summed E-state index contributed by atoms with van der Waals surface area (Å²) in [5, 5.41) is 0. The maximum atomic E-state index is 11.6. The van der Waals surface area contributed by atoms with E-state index in [2.05, 4.69) is 0 Å². The lowest BCUT2D eigenvalue weighted by molar-refractivity contribution is 0.0523. The molecule has 1 rings (SSSR count). The minimum absolute atomic E-state index is 0.310. The fourth-order valence-electron chi connectivity index (χ4n) is 1.58. The molecule has 0 aliphatic carbocycles. The van der Waals surface area contributed by atoms with Crippen LogP contribution in [0, 0.1) is 13.8 Å². The van der Waals surface area contributed by atoms with Crippen LogP contribution in [0.25, 0.3) is 0 Å². The Morgan fingerprint density at radius 2 is 2.07 bits per heavy atom. The van der Waals surface area contributed by atoms with E-state index in [9.17, 15) is 9.59 Å². The van der Waals surface area contributed by atoms with Crippen LogP contribution in [0.2, 0.25) is 0 Å². The molecule has 0 radical (unpaired) electrons. The van der Waals surface area contributed by atoms with Crippen LogP contribution in [-0.4, -0.2) is 18.9 Å². The van der Waals surface area contributed by atoms with Crippen molar-refractivity contribution in [3.63, 3.8) is 0 Å². The molecule has 3 nitrogen and oxygen atoms in total. The van der Waals surface area contributed by atoms with Gasteiger partial charge in [-0.25, -0.2) is 4.79 Å². The van der Waals surface area contributed by atoms with Crippen LogP contribution in [0.5, 0.6) is 0 Å². The maximum absolute atomic E-state index is 11.6. The molecule has 0 saturated heterocycles. The fraction of sp³-hybridized carbons (Fsp3) is 0.333. The van der Waals surface area contributed by atoms with E-state index in [1.807, 2.05) is 13.0 Å². The van der Waals surface area contributed by atoms with Crippen molar-refractivity contribution >= 4 is 12.3 Å². The Labute approximate surface area is 89.1 Å². The van der Waals surface area contributed by atoms with Gasteiger partial charge in [0.2, 0.25) is 0 Å². The van der Waals surface area contributed by atoms with Gasteiger partial charge in [0.25, 0.3) is 0 Å². The Hall–Kier alpha value is -1.64. The highest BCUT2D eigenvalue weighted by molar-refractivity contribution is 5.99. The van der Waals surface area contributed by atoms with Gasteiger partial charge in [0.15, 0.2) is 6.29 Å². The number of rotatable bonds is 3. The van der Waals surface area contributed by atoms with Crippen LogP contribution in [0.15, 0.2) is 12.1 Å². The van der Waals surface area contributed by atoms with Crippen molar-refractivity contribution in [1.82, 2.24) is 0 Å². The predicted molar refractivity (Wildman–Crippen MR) is 57.3 cm³/mol. The number of esters is 1. The van der Waals surface area contributed by atoms with Crippen LogP contribution in [0.4, 0.5) is 0 Å². The summed E-state index contributed by atoms with van der Waals surface area (Å²) in [5.74, 6) is -0.433. The molecule has 1 aromatic rings. The Morgan fingerprint density at radius 3 is 2.60 bits per heavy atom. The van der Waals surface area contributed by atoms with Gasteiger partial charge < -0.3 is 4.74 Å². The van der Waals surface area contributed by atoms with Gasteiger partial charge in [0.05, 0.1) is 12.2 Å². The third-order valence-electron chi connectivity index (χ3n) is 2.12. The van der Waals surface area contributed by atoms with Crippen LogP contribution < -0.4 is 0 Å². The van der Waals surface area contributed by atoms with Crippen molar-refractivity contribution in [1.29, 1.82) is 0 Å². The fourth-order valence-corrected chi connectivity index (χ4v) is 1.58. The highest BCUT2D eigenvalue weighted by Gasteiger charge is 2.15. The Kier molecular flexibility index (Phi) is 3.61. The van der Waals surface area contributed by atoms with Crippen molar-refractivity contribution in [3.8, 4) is 0 Å². The van der Waals surface area contributed by atoms with E-state index in [4.69, 9.17) is 4.74 Å². The summed E-state index contributed by atoms with van der Waals surface area (Å²) in [7, 11) is 0. The second-order valence-corrected chi connectivity index (χ2v) is 3.38. The van der Waals surface area contributed by atoms with Crippen molar-refractivity contribution in [2.75, 3.05) is 6.61 Å². The molecule has 0 N–H and O–H groups in total. The van der Waals surface area contributed by atoms with E-state index in [0.29, 0.717) is 24.0 Å². The Morgan fingerprint density at radius 1 is 1.40 bits per heavy atom. The zero-order valence-electron chi connectivity index (χ0n) is 9.16. The lowest BCUT2D eigenvalue weighted by Crippen LogP contribution is -2.10. The third-order valence-corrected chi connectivity index (χ3v) is 2.12. The summed E-state index contributed by atoms with van der Waals surface area (Å²) in [4.78, 5) is 22.4. The smallest absolute Gasteiger partial charge is 0.339 e. The zero-order valence-corrected chi connectivity index (χ0v) is 9.16. The van der Waals surface area contributed by atoms with E-state index >= 15 is 0 Å². The first-order valence-electron chi connectivity index (χ1n) is 4.83. The normalized spacial score (nSPS) is 9.80. The van der Waals surface area contributed by atoms with Gasteiger partial charge in [0.1, 0.15) is 0 Å². The lowest BCUT2D eigenvalue weighted by Gasteiger charge is -2.08. The molecule has 0 fully saturated rings. The highest BCUT2D eigenvalue weighted by atomic mass is 16.5. The minimum Gasteiger partial charge on any atom is -0.462 e. The lowest BCUT2D eigenvalue weighted by atomic mass is 10.00. The summed E-state index contributed by atoms with van der Waals surface area (Å²) < 4.78 is 4.89. The van der Waals surface area contributed by atoms with E-state index < -0.39 is 5.97 Å². The number of hydrogen-bond donors (Lipinski definition) is 0.